The van der Waals surface area contributed by atoms with Gasteiger partial charge in [0.05, 0.1) is 11.8 Å². The number of carbonyl (C=O) groups is 1. The number of amides is 1. The van der Waals surface area contributed by atoms with Gasteiger partial charge in [-0.25, -0.2) is 4.39 Å². The van der Waals surface area contributed by atoms with Gasteiger partial charge in [-0.1, -0.05) is 0 Å². The van der Waals surface area contributed by atoms with E-state index in [1.165, 1.54) is 12.3 Å². The highest BCUT2D eigenvalue weighted by atomic mass is 35.5. The Labute approximate surface area is 130 Å². The van der Waals surface area contributed by atoms with Crippen LogP contribution in [0.2, 0.25) is 0 Å². The first-order valence-electron chi connectivity index (χ1n) is 6.23. The number of likely N-dealkylation sites (tertiary alicyclic amines) is 1. The molecule has 114 valence electrons. The van der Waals surface area contributed by atoms with Crippen molar-refractivity contribution in [2.45, 2.75) is 25.8 Å². The van der Waals surface area contributed by atoms with E-state index in [1.54, 1.807) is 4.90 Å². The molecule has 7 heteroatoms. The number of pyridine rings is 1. The van der Waals surface area contributed by atoms with Crippen LogP contribution in [-0.4, -0.2) is 34.9 Å². The predicted molar refractivity (Wildman–Crippen MR) is 81.0 cm³/mol. The van der Waals surface area contributed by atoms with Gasteiger partial charge >= 0.3 is 0 Å². The second-order valence-electron chi connectivity index (χ2n) is 4.90. The van der Waals surface area contributed by atoms with Gasteiger partial charge in [0.25, 0.3) is 5.91 Å². The molecular formula is C13H20Cl2FN3O. The lowest BCUT2D eigenvalue weighted by molar-refractivity contribution is 0.0660. The van der Waals surface area contributed by atoms with Gasteiger partial charge in [-0.15, -0.1) is 24.8 Å². The average Bonchev–Trinajstić information content (AvgIpc) is 2.38. The van der Waals surface area contributed by atoms with Crippen LogP contribution < -0.4 is 5.73 Å². The monoisotopic (exact) mass is 323 g/mol. The van der Waals surface area contributed by atoms with Crippen molar-refractivity contribution in [1.82, 2.24) is 9.88 Å². The maximum absolute atomic E-state index is 13.0. The van der Waals surface area contributed by atoms with Crippen LogP contribution in [0.25, 0.3) is 0 Å². The summed E-state index contributed by atoms with van der Waals surface area (Å²) in [5, 5.41) is 0. The molecule has 1 aromatic rings. The van der Waals surface area contributed by atoms with Gasteiger partial charge in [-0.3, -0.25) is 9.78 Å². The fourth-order valence-electron chi connectivity index (χ4n) is 2.33. The largest absolute Gasteiger partial charge is 0.338 e. The molecule has 0 saturated carbocycles. The number of piperidine rings is 1. The lowest BCUT2D eigenvalue weighted by Gasteiger charge is -2.34. The molecule has 1 aromatic heterocycles. The van der Waals surface area contributed by atoms with E-state index in [2.05, 4.69) is 4.98 Å². The number of hydrogen-bond donors (Lipinski definition) is 1. The topological polar surface area (TPSA) is 59.2 Å². The minimum Gasteiger partial charge on any atom is -0.338 e. The first-order chi connectivity index (χ1) is 8.58. The molecule has 2 heterocycles. The van der Waals surface area contributed by atoms with Gasteiger partial charge in [0, 0.05) is 25.3 Å². The number of nitrogens with zero attached hydrogens (tertiary/aromatic N) is 2. The van der Waals surface area contributed by atoms with Crippen molar-refractivity contribution in [1.29, 1.82) is 0 Å². The number of hydrogen-bond acceptors (Lipinski definition) is 3. The fraction of sp³-hybridized carbons (Fsp3) is 0.538. The summed E-state index contributed by atoms with van der Waals surface area (Å²) in [4.78, 5) is 17.6. The molecule has 0 aromatic carbocycles. The molecule has 4 nitrogen and oxygen atoms in total. The van der Waals surface area contributed by atoms with E-state index in [-0.39, 0.29) is 36.8 Å². The van der Waals surface area contributed by atoms with E-state index in [0.29, 0.717) is 24.6 Å². The zero-order chi connectivity index (χ0) is 13.1. The number of aromatic nitrogens is 1. The molecule has 0 spiro atoms. The van der Waals surface area contributed by atoms with Crippen LogP contribution in [0, 0.1) is 11.7 Å². The Morgan fingerprint density at radius 2 is 2.20 bits per heavy atom. The van der Waals surface area contributed by atoms with E-state index in [1.807, 2.05) is 6.92 Å². The van der Waals surface area contributed by atoms with E-state index in [9.17, 15) is 9.18 Å². The van der Waals surface area contributed by atoms with Crippen molar-refractivity contribution < 1.29 is 9.18 Å². The van der Waals surface area contributed by atoms with E-state index >= 15 is 0 Å². The summed E-state index contributed by atoms with van der Waals surface area (Å²) >= 11 is 0. The summed E-state index contributed by atoms with van der Waals surface area (Å²) in [6, 6.07) is 1.30. The van der Waals surface area contributed by atoms with E-state index < -0.39 is 5.82 Å². The lowest BCUT2D eigenvalue weighted by atomic mass is 9.92. The van der Waals surface area contributed by atoms with Gasteiger partial charge in [0.2, 0.25) is 0 Å². The molecule has 2 rings (SSSR count). The Bertz CT molecular complexity index is 445. The van der Waals surface area contributed by atoms with Crippen LogP contribution in [0.3, 0.4) is 0 Å². The zero-order valence-corrected chi connectivity index (χ0v) is 12.9. The van der Waals surface area contributed by atoms with Gasteiger partial charge in [-0.05, 0) is 31.7 Å². The molecule has 1 aliphatic heterocycles. The standard InChI is InChI=1S/C13H18FN3O.2ClH/c1-9(15)10-3-2-4-17(8-10)13(18)11-5-12(14)7-16-6-11;;/h5-7,9-10H,2-4,8,15H2,1H3;2*1H. The first-order valence-corrected chi connectivity index (χ1v) is 6.23. The SMILES string of the molecule is CC(N)C1CCCN(C(=O)c2cncc(F)c2)C1.Cl.Cl. The molecule has 20 heavy (non-hydrogen) atoms. The Balaban J connectivity index is 0.00000180. The third kappa shape index (κ3) is 4.58. The summed E-state index contributed by atoms with van der Waals surface area (Å²) in [6.45, 7) is 3.31. The molecule has 0 bridgehead atoms. The van der Waals surface area contributed by atoms with E-state index in [0.717, 1.165) is 19.0 Å². The van der Waals surface area contributed by atoms with Crippen LogP contribution in [0.5, 0.6) is 0 Å². The zero-order valence-electron chi connectivity index (χ0n) is 11.3. The number of halogens is 3. The van der Waals surface area contributed by atoms with Gasteiger partial charge in [0.15, 0.2) is 0 Å². The number of carbonyl (C=O) groups excluding carboxylic acids is 1. The molecule has 1 fully saturated rings. The van der Waals surface area contributed by atoms with Crippen molar-refractivity contribution in [3.8, 4) is 0 Å². The number of rotatable bonds is 2. The molecule has 2 atom stereocenters. The molecule has 1 saturated heterocycles. The number of nitrogens with two attached hydrogens (primary N) is 1. The maximum atomic E-state index is 13.0. The first kappa shape index (κ1) is 19.1. The summed E-state index contributed by atoms with van der Waals surface area (Å²) in [5.74, 6) is -0.321. The highest BCUT2D eigenvalue weighted by Gasteiger charge is 2.26. The third-order valence-electron chi connectivity index (χ3n) is 3.44. The van der Waals surface area contributed by atoms with Crippen LogP contribution in [0.15, 0.2) is 18.5 Å². The summed E-state index contributed by atoms with van der Waals surface area (Å²) in [5.41, 5.74) is 6.19. The van der Waals surface area contributed by atoms with Gasteiger partial charge in [-0.2, -0.15) is 0 Å². The van der Waals surface area contributed by atoms with Crippen molar-refractivity contribution in [2.75, 3.05) is 13.1 Å². The minimum atomic E-state index is -0.485. The van der Waals surface area contributed by atoms with Crippen molar-refractivity contribution >= 4 is 30.7 Å². The van der Waals surface area contributed by atoms with Crippen molar-refractivity contribution in [2.24, 2.45) is 11.7 Å². The minimum absolute atomic E-state index is 0. The third-order valence-corrected chi connectivity index (χ3v) is 3.44. The summed E-state index contributed by atoms with van der Waals surface area (Å²) in [7, 11) is 0. The van der Waals surface area contributed by atoms with E-state index in [4.69, 9.17) is 5.73 Å². The fourth-order valence-corrected chi connectivity index (χ4v) is 2.33. The Kier molecular flexibility index (Phi) is 8.01. The summed E-state index contributed by atoms with van der Waals surface area (Å²) in [6.07, 6.45) is 4.49. The molecule has 0 radical (unpaired) electrons. The van der Waals surface area contributed by atoms with Crippen molar-refractivity contribution in [3.63, 3.8) is 0 Å². The second-order valence-corrected chi connectivity index (χ2v) is 4.90. The second kappa shape index (κ2) is 8.39. The highest BCUT2D eigenvalue weighted by molar-refractivity contribution is 5.94. The van der Waals surface area contributed by atoms with Crippen LogP contribution in [0.1, 0.15) is 30.1 Å². The molecule has 1 amide bonds. The lowest BCUT2D eigenvalue weighted by Crippen LogP contribution is -2.45. The van der Waals surface area contributed by atoms with Crippen LogP contribution >= 0.6 is 24.8 Å². The molecular weight excluding hydrogens is 304 g/mol. The van der Waals surface area contributed by atoms with Gasteiger partial charge < -0.3 is 10.6 Å². The molecule has 0 aliphatic carbocycles. The van der Waals surface area contributed by atoms with Crippen LogP contribution in [0.4, 0.5) is 4.39 Å². The average molecular weight is 324 g/mol. The highest BCUT2D eigenvalue weighted by Crippen LogP contribution is 2.20. The predicted octanol–water partition coefficient (Wildman–Crippen LogP) is 2.26. The normalized spacial score (nSPS) is 19.6. The van der Waals surface area contributed by atoms with Crippen molar-refractivity contribution in [3.05, 3.63) is 29.8 Å². The molecule has 2 N–H and O–H groups in total. The Hall–Kier alpha value is -0.910. The summed E-state index contributed by atoms with van der Waals surface area (Å²) < 4.78 is 13.0. The smallest absolute Gasteiger partial charge is 0.255 e. The van der Waals surface area contributed by atoms with Crippen LogP contribution in [-0.2, 0) is 0 Å². The maximum Gasteiger partial charge on any atom is 0.255 e. The quantitative estimate of drug-likeness (QED) is 0.908. The Morgan fingerprint density at radius 3 is 2.80 bits per heavy atom. The molecule has 1 aliphatic rings. The Morgan fingerprint density at radius 1 is 1.50 bits per heavy atom. The van der Waals surface area contributed by atoms with Gasteiger partial charge in [0.1, 0.15) is 5.82 Å². The molecule has 2 unspecified atom stereocenters.